The molecule has 0 saturated heterocycles. The van der Waals surface area contributed by atoms with E-state index < -0.39 is 20.0 Å². The average Bonchev–Trinajstić information content (AvgIpc) is 2.38. The quantitative estimate of drug-likeness (QED) is 0.882. The van der Waals surface area contributed by atoms with Gasteiger partial charge in [-0.3, -0.25) is 0 Å². The lowest BCUT2D eigenvalue weighted by atomic mass is 10.3. The standard InChI is InChI=1S/C11H11N4O4S2/c1-20(16,17)14-9-3-5-10(6-4-9)21(18,19)15-11-12-7-2-8-13-11/h2-8H,1H3,(H,12,13,15)/q-1. The third kappa shape index (κ3) is 4.39. The van der Waals surface area contributed by atoms with Crippen LogP contribution in [0, 0.1) is 0 Å². The number of benzene rings is 1. The number of sulfonamides is 2. The monoisotopic (exact) mass is 327 g/mol. The third-order valence-electron chi connectivity index (χ3n) is 2.21. The smallest absolute Gasteiger partial charge is 0.264 e. The van der Waals surface area contributed by atoms with E-state index in [0.717, 1.165) is 6.26 Å². The summed E-state index contributed by atoms with van der Waals surface area (Å²) in [6.07, 6.45) is 3.75. The summed E-state index contributed by atoms with van der Waals surface area (Å²) in [5.41, 5.74) is 0.146. The highest BCUT2D eigenvalue weighted by Gasteiger charge is 2.14. The van der Waals surface area contributed by atoms with Crippen LogP contribution in [0.3, 0.4) is 0 Å². The van der Waals surface area contributed by atoms with E-state index in [1.54, 1.807) is 6.07 Å². The first-order valence-corrected chi connectivity index (χ1v) is 8.92. The minimum Gasteiger partial charge on any atom is -0.577 e. The van der Waals surface area contributed by atoms with E-state index in [-0.39, 0.29) is 16.5 Å². The Morgan fingerprint density at radius 3 is 2.10 bits per heavy atom. The summed E-state index contributed by atoms with van der Waals surface area (Å²) in [6.45, 7) is 0. The maximum Gasteiger partial charge on any atom is 0.264 e. The van der Waals surface area contributed by atoms with Crippen LogP contribution in [0.25, 0.3) is 4.72 Å². The zero-order chi connectivity index (χ0) is 15.5. The van der Waals surface area contributed by atoms with Crippen LogP contribution in [0.4, 0.5) is 11.6 Å². The Bertz CT molecular complexity index is 818. The lowest BCUT2D eigenvalue weighted by Gasteiger charge is -2.18. The molecule has 0 aliphatic rings. The summed E-state index contributed by atoms with van der Waals surface area (Å²) >= 11 is 0. The Balaban J connectivity index is 2.21. The molecular weight excluding hydrogens is 316 g/mol. The highest BCUT2D eigenvalue weighted by molar-refractivity contribution is 7.93. The van der Waals surface area contributed by atoms with E-state index in [4.69, 9.17) is 0 Å². The van der Waals surface area contributed by atoms with Crippen LogP contribution in [0.15, 0.2) is 47.6 Å². The van der Waals surface area contributed by atoms with Crippen molar-refractivity contribution in [3.63, 3.8) is 0 Å². The van der Waals surface area contributed by atoms with E-state index in [1.165, 1.54) is 36.7 Å². The summed E-state index contributed by atoms with van der Waals surface area (Å²) < 4.78 is 51.8. The van der Waals surface area contributed by atoms with Gasteiger partial charge in [-0.25, -0.2) is 31.5 Å². The van der Waals surface area contributed by atoms with Crippen molar-refractivity contribution >= 4 is 31.7 Å². The molecule has 0 atom stereocenters. The molecule has 0 spiro atoms. The number of aromatic nitrogens is 2. The molecule has 0 amide bonds. The van der Waals surface area contributed by atoms with Gasteiger partial charge in [0.15, 0.2) is 0 Å². The fourth-order valence-corrected chi connectivity index (χ4v) is 2.87. The summed E-state index contributed by atoms with van der Waals surface area (Å²) in [6, 6.07) is 6.63. The van der Waals surface area contributed by atoms with Crippen molar-refractivity contribution in [2.24, 2.45) is 0 Å². The van der Waals surface area contributed by atoms with E-state index in [9.17, 15) is 16.8 Å². The molecule has 1 aromatic heterocycles. The molecule has 2 rings (SSSR count). The molecule has 0 aliphatic heterocycles. The van der Waals surface area contributed by atoms with Gasteiger partial charge >= 0.3 is 0 Å². The normalized spacial score (nSPS) is 11.9. The van der Waals surface area contributed by atoms with Gasteiger partial charge < -0.3 is 4.72 Å². The van der Waals surface area contributed by atoms with Crippen molar-refractivity contribution in [2.45, 2.75) is 4.90 Å². The fourth-order valence-electron chi connectivity index (χ4n) is 1.41. The SMILES string of the molecule is CS(=O)(=O)[N-]c1ccc(S(=O)(=O)Nc2ncccn2)cc1. The van der Waals surface area contributed by atoms with Crippen LogP contribution in [0.2, 0.25) is 0 Å². The second kappa shape index (κ2) is 5.66. The van der Waals surface area contributed by atoms with Crippen LogP contribution in [-0.2, 0) is 20.0 Å². The first-order valence-electron chi connectivity index (χ1n) is 5.59. The van der Waals surface area contributed by atoms with Crippen molar-refractivity contribution in [1.82, 2.24) is 9.97 Å². The topological polar surface area (TPSA) is 120 Å². The van der Waals surface area contributed by atoms with E-state index in [2.05, 4.69) is 19.4 Å². The minimum atomic E-state index is -3.84. The molecule has 112 valence electrons. The molecule has 21 heavy (non-hydrogen) atoms. The van der Waals surface area contributed by atoms with Gasteiger partial charge in [-0.05, 0) is 18.2 Å². The van der Waals surface area contributed by atoms with Gasteiger partial charge in [0.2, 0.25) is 5.95 Å². The first kappa shape index (κ1) is 15.2. The fraction of sp³-hybridized carbons (Fsp3) is 0.0909. The second-order valence-electron chi connectivity index (χ2n) is 4.00. The number of hydrogen-bond donors (Lipinski definition) is 1. The molecule has 8 nitrogen and oxygen atoms in total. The lowest BCUT2D eigenvalue weighted by molar-refractivity contribution is 0.600. The number of anilines is 1. The van der Waals surface area contributed by atoms with Gasteiger partial charge in [0.25, 0.3) is 10.0 Å². The van der Waals surface area contributed by atoms with Gasteiger partial charge in [-0.2, -0.15) is 0 Å². The predicted octanol–water partition coefficient (Wildman–Crippen LogP) is 1.24. The Hall–Kier alpha value is -2.20. The number of nitrogens with one attached hydrogen (secondary N) is 1. The molecule has 1 heterocycles. The molecule has 0 saturated carbocycles. The number of rotatable bonds is 5. The van der Waals surface area contributed by atoms with Crippen molar-refractivity contribution in [3.8, 4) is 0 Å². The molecule has 1 N–H and O–H groups in total. The molecule has 0 aliphatic carbocycles. The molecule has 0 unspecified atom stereocenters. The van der Waals surface area contributed by atoms with Gasteiger partial charge in [-0.1, -0.05) is 12.1 Å². The lowest BCUT2D eigenvalue weighted by Crippen LogP contribution is -2.14. The largest absolute Gasteiger partial charge is 0.577 e. The van der Waals surface area contributed by atoms with Gasteiger partial charge in [0.05, 0.1) is 14.9 Å². The van der Waals surface area contributed by atoms with Crippen LogP contribution in [0.1, 0.15) is 0 Å². The predicted molar refractivity (Wildman–Crippen MR) is 77.1 cm³/mol. The van der Waals surface area contributed by atoms with Crippen LogP contribution in [0.5, 0.6) is 0 Å². The molecule has 10 heteroatoms. The van der Waals surface area contributed by atoms with Crippen LogP contribution < -0.4 is 4.72 Å². The van der Waals surface area contributed by atoms with Gasteiger partial charge in [0.1, 0.15) is 0 Å². The Labute approximate surface area is 122 Å². The van der Waals surface area contributed by atoms with E-state index in [1.807, 2.05) is 0 Å². The van der Waals surface area contributed by atoms with E-state index >= 15 is 0 Å². The Kier molecular flexibility index (Phi) is 4.09. The molecule has 0 radical (unpaired) electrons. The van der Waals surface area contributed by atoms with Gasteiger partial charge in [-0.15, -0.1) is 5.69 Å². The zero-order valence-electron chi connectivity index (χ0n) is 10.8. The molecule has 1 aromatic carbocycles. The second-order valence-corrected chi connectivity index (χ2v) is 7.33. The molecule has 0 bridgehead atoms. The van der Waals surface area contributed by atoms with E-state index in [0.29, 0.717) is 0 Å². The molecule has 0 fully saturated rings. The van der Waals surface area contributed by atoms with Crippen molar-refractivity contribution in [2.75, 3.05) is 11.0 Å². The average molecular weight is 327 g/mol. The Morgan fingerprint density at radius 1 is 1.00 bits per heavy atom. The minimum absolute atomic E-state index is 0.0533. The summed E-state index contributed by atoms with van der Waals surface area (Å²) in [7, 11) is -7.37. The van der Waals surface area contributed by atoms with Crippen LogP contribution in [-0.4, -0.2) is 33.1 Å². The van der Waals surface area contributed by atoms with Crippen molar-refractivity contribution < 1.29 is 16.8 Å². The molecule has 2 aromatic rings. The van der Waals surface area contributed by atoms with Gasteiger partial charge in [0, 0.05) is 18.6 Å². The van der Waals surface area contributed by atoms with Crippen molar-refractivity contribution in [3.05, 3.63) is 47.4 Å². The number of hydrogen-bond acceptors (Lipinski definition) is 6. The summed E-state index contributed by atoms with van der Waals surface area (Å²) in [5, 5.41) is 0. The summed E-state index contributed by atoms with van der Waals surface area (Å²) in [4.78, 5) is 7.46. The zero-order valence-corrected chi connectivity index (χ0v) is 12.5. The number of nitrogens with zero attached hydrogens (tertiary/aromatic N) is 3. The maximum atomic E-state index is 12.1. The first-order chi connectivity index (χ1) is 9.76. The summed E-state index contributed by atoms with van der Waals surface area (Å²) in [5.74, 6) is -0.0533. The Morgan fingerprint density at radius 2 is 1.57 bits per heavy atom. The highest BCUT2D eigenvalue weighted by atomic mass is 32.2. The third-order valence-corrected chi connectivity index (χ3v) is 4.10. The highest BCUT2D eigenvalue weighted by Crippen LogP contribution is 2.23. The maximum absolute atomic E-state index is 12.1. The van der Waals surface area contributed by atoms with Crippen LogP contribution >= 0.6 is 0 Å². The molecular formula is C11H11N4O4S2-. The van der Waals surface area contributed by atoms with Crippen molar-refractivity contribution in [1.29, 1.82) is 0 Å².